The van der Waals surface area contributed by atoms with Crippen molar-refractivity contribution >= 4 is 16.4 Å². The first kappa shape index (κ1) is 29.1. The molecule has 0 rings (SSSR count). The van der Waals surface area contributed by atoms with Crippen LogP contribution in [0.3, 0.4) is 0 Å². The average Bonchev–Trinajstić information content (AvgIpc) is 2.42. The smallest absolute Gasteiger partial charge is 1.00 e. The second kappa shape index (κ2) is 21.4. The van der Waals surface area contributed by atoms with Crippen molar-refractivity contribution in [3.63, 3.8) is 0 Å². The molecular formula is C16H35NaO6S. The second-order valence-electron chi connectivity index (χ2n) is 5.83. The maximum atomic E-state index is 10.3. The Kier molecular flexibility index (Phi) is 25.9. The zero-order chi connectivity index (χ0) is 18.0. The quantitative estimate of drug-likeness (QED) is 0.242. The van der Waals surface area contributed by atoms with Crippen LogP contribution in [0.25, 0.3) is 0 Å². The van der Waals surface area contributed by atoms with Gasteiger partial charge in [0.25, 0.3) is 0 Å². The Balaban J connectivity index is -0.000000276. The molecule has 0 aliphatic carbocycles. The molecule has 0 unspecified atom stereocenters. The molecule has 0 aromatic rings. The minimum Gasteiger partial charge on any atom is -1.00 e. The summed E-state index contributed by atoms with van der Waals surface area (Å²) in [6, 6.07) is 0. The molecule has 0 aromatic heterocycles. The van der Waals surface area contributed by atoms with Gasteiger partial charge in [0, 0.05) is 6.42 Å². The summed E-state index contributed by atoms with van der Waals surface area (Å²) in [5, 5.41) is 8.49. The summed E-state index contributed by atoms with van der Waals surface area (Å²) >= 11 is 0. The van der Waals surface area contributed by atoms with Gasteiger partial charge in [-0.05, 0) is 6.42 Å². The summed E-state index contributed by atoms with van der Waals surface area (Å²) < 4.78 is 31.6. The Bertz CT molecular complexity index is 358. The maximum absolute atomic E-state index is 10.3. The Labute approximate surface area is 171 Å². The van der Waals surface area contributed by atoms with Crippen molar-refractivity contribution in [1.29, 1.82) is 0 Å². The molecule has 0 fully saturated rings. The molecule has 8 heteroatoms. The van der Waals surface area contributed by atoms with Crippen LogP contribution in [0, 0.1) is 0 Å². The maximum Gasteiger partial charge on any atom is 1.00 e. The fraction of sp³-hybridized carbons (Fsp3) is 0.938. The van der Waals surface area contributed by atoms with Crippen molar-refractivity contribution in [1.82, 2.24) is 0 Å². The number of unbranched alkanes of at least 4 members (excludes halogenated alkanes) is 12. The second-order valence-corrected chi connectivity index (χ2v) is 6.73. The molecule has 0 bridgehead atoms. The minimum absolute atomic E-state index is 0. The van der Waals surface area contributed by atoms with E-state index in [0.29, 0.717) is 6.42 Å². The molecule has 0 aromatic carbocycles. The van der Waals surface area contributed by atoms with E-state index in [-0.39, 0.29) is 31.0 Å². The first-order chi connectivity index (χ1) is 10.8. The molecule has 0 radical (unpaired) electrons. The van der Waals surface area contributed by atoms with Gasteiger partial charge in [0.05, 0.1) is 0 Å². The Morgan fingerprint density at radius 2 is 1.00 bits per heavy atom. The van der Waals surface area contributed by atoms with Crippen LogP contribution in [0.15, 0.2) is 0 Å². The fourth-order valence-electron chi connectivity index (χ4n) is 2.29. The third kappa shape index (κ3) is 43.2. The number of rotatable bonds is 14. The van der Waals surface area contributed by atoms with Crippen LogP contribution in [0.5, 0.6) is 0 Å². The molecule has 0 heterocycles. The van der Waals surface area contributed by atoms with E-state index in [1.165, 1.54) is 70.6 Å². The summed E-state index contributed by atoms with van der Waals surface area (Å²) in [6.45, 7) is 2.26. The third-order valence-electron chi connectivity index (χ3n) is 3.49. The van der Waals surface area contributed by atoms with Gasteiger partial charge in [0.2, 0.25) is 0 Å². The average molecular weight is 379 g/mol. The minimum atomic E-state index is -4.67. The van der Waals surface area contributed by atoms with E-state index in [4.69, 9.17) is 22.6 Å². The number of carboxylic acids is 1. The predicted molar refractivity (Wildman–Crippen MR) is 93.2 cm³/mol. The van der Waals surface area contributed by atoms with Gasteiger partial charge in [-0.15, -0.1) is 0 Å². The summed E-state index contributed by atoms with van der Waals surface area (Å²) in [6.07, 6.45) is 17.3. The van der Waals surface area contributed by atoms with Gasteiger partial charge in [-0.1, -0.05) is 84.0 Å². The van der Waals surface area contributed by atoms with E-state index in [1.54, 1.807) is 0 Å². The van der Waals surface area contributed by atoms with E-state index in [0.717, 1.165) is 12.8 Å². The number of hydrogen-bond donors (Lipinski definition) is 3. The van der Waals surface area contributed by atoms with E-state index in [1.807, 2.05) is 0 Å². The van der Waals surface area contributed by atoms with Gasteiger partial charge in [-0.3, -0.25) is 13.9 Å². The largest absolute Gasteiger partial charge is 1.00 e. The standard InChI is InChI=1S/C16H32O2.Na.H2O4S.H/c1-2-3-4-5-6-7-8-9-10-11-12-13-14-15-16(17)18;;1-5(2,3)4;/h2-15H2,1H3,(H,17,18);;(H2,1,2,3,4);/q;+1;;-1. The van der Waals surface area contributed by atoms with E-state index in [2.05, 4.69) is 6.92 Å². The fourth-order valence-corrected chi connectivity index (χ4v) is 2.29. The van der Waals surface area contributed by atoms with Crippen LogP contribution in [-0.2, 0) is 15.2 Å². The monoisotopic (exact) mass is 378 g/mol. The van der Waals surface area contributed by atoms with E-state index < -0.39 is 16.4 Å². The van der Waals surface area contributed by atoms with Crippen LogP contribution in [0.2, 0.25) is 0 Å². The zero-order valence-corrected chi connectivity index (χ0v) is 18.2. The Hall–Kier alpha value is 0.340. The van der Waals surface area contributed by atoms with Crippen molar-refractivity contribution in [2.75, 3.05) is 0 Å². The predicted octanol–water partition coefficient (Wildman–Crippen LogP) is 2.02. The van der Waals surface area contributed by atoms with Crippen molar-refractivity contribution in [3.8, 4) is 0 Å². The van der Waals surface area contributed by atoms with Crippen LogP contribution in [0.1, 0.15) is 98.2 Å². The van der Waals surface area contributed by atoms with Crippen molar-refractivity contribution < 1.29 is 58.4 Å². The van der Waals surface area contributed by atoms with Crippen LogP contribution < -0.4 is 29.6 Å². The summed E-state index contributed by atoms with van der Waals surface area (Å²) in [5.41, 5.74) is 0. The summed E-state index contributed by atoms with van der Waals surface area (Å²) in [4.78, 5) is 10.3. The molecule has 142 valence electrons. The molecule has 0 aliphatic heterocycles. The van der Waals surface area contributed by atoms with Gasteiger partial charge in [-0.2, -0.15) is 8.42 Å². The SMILES string of the molecule is CCCCCCCCCCCCCCCC(=O)O.O=S(=O)(O)O.[H-].[Na+]. The third-order valence-corrected chi connectivity index (χ3v) is 3.49. The summed E-state index contributed by atoms with van der Waals surface area (Å²) in [5.74, 6) is -0.655. The van der Waals surface area contributed by atoms with E-state index >= 15 is 0 Å². The van der Waals surface area contributed by atoms with Gasteiger partial charge < -0.3 is 6.53 Å². The molecule has 24 heavy (non-hydrogen) atoms. The zero-order valence-electron chi connectivity index (χ0n) is 16.4. The molecule has 0 spiro atoms. The number of carboxylic acid groups (broad SMARTS) is 1. The van der Waals surface area contributed by atoms with Gasteiger partial charge in [-0.25, -0.2) is 0 Å². The molecule has 0 aliphatic rings. The number of carbonyl (C=O) groups is 1. The number of hydrogen-bond acceptors (Lipinski definition) is 3. The number of aliphatic carboxylic acids is 1. The van der Waals surface area contributed by atoms with Gasteiger partial charge in [0.15, 0.2) is 0 Å². The first-order valence-corrected chi connectivity index (χ1v) is 10.1. The first-order valence-electron chi connectivity index (χ1n) is 8.69. The molecule has 3 N–H and O–H groups in total. The van der Waals surface area contributed by atoms with Crippen molar-refractivity contribution in [3.05, 3.63) is 0 Å². The molecular weight excluding hydrogens is 343 g/mol. The van der Waals surface area contributed by atoms with Crippen molar-refractivity contribution in [2.24, 2.45) is 0 Å². The Morgan fingerprint density at radius 1 is 0.750 bits per heavy atom. The molecule has 0 amide bonds. The molecule has 0 atom stereocenters. The normalized spacial score (nSPS) is 10.5. The van der Waals surface area contributed by atoms with Crippen LogP contribution >= 0.6 is 0 Å². The van der Waals surface area contributed by atoms with Crippen LogP contribution in [0.4, 0.5) is 0 Å². The molecule has 0 saturated carbocycles. The molecule has 6 nitrogen and oxygen atoms in total. The summed E-state index contributed by atoms with van der Waals surface area (Å²) in [7, 11) is -4.67. The molecule has 0 saturated heterocycles. The van der Waals surface area contributed by atoms with Crippen molar-refractivity contribution in [2.45, 2.75) is 96.8 Å². The topological polar surface area (TPSA) is 112 Å². The van der Waals surface area contributed by atoms with Crippen LogP contribution in [-0.4, -0.2) is 28.6 Å². The van der Waals surface area contributed by atoms with Gasteiger partial charge in [0.1, 0.15) is 0 Å². The van der Waals surface area contributed by atoms with E-state index in [9.17, 15) is 4.79 Å². The Morgan fingerprint density at radius 3 is 1.25 bits per heavy atom. The van der Waals surface area contributed by atoms with Gasteiger partial charge >= 0.3 is 45.9 Å².